The van der Waals surface area contributed by atoms with E-state index in [1.165, 1.54) is 18.5 Å². The third-order valence-corrected chi connectivity index (χ3v) is 6.18. The van der Waals surface area contributed by atoms with E-state index < -0.39 is 24.4 Å². The smallest absolute Gasteiger partial charge is 0.259 e. The first-order valence-corrected chi connectivity index (χ1v) is 12.2. The Kier molecular flexibility index (Phi) is 7.50. The molecule has 1 unspecified atom stereocenters. The average molecular weight is 517 g/mol. The summed E-state index contributed by atoms with van der Waals surface area (Å²) in [5, 5.41) is 11.2. The molecule has 0 bridgehead atoms. The highest BCUT2D eigenvalue weighted by Gasteiger charge is 2.18. The normalized spacial score (nSPS) is 12.1. The van der Waals surface area contributed by atoms with E-state index in [4.69, 9.17) is 4.74 Å². The van der Waals surface area contributed by atoms with E-state index in [9.17, 15) is 13.6 Å². The number of rotatable bonds is 10. The molecule has 0 aliphatic rings. The van der Waals surface area contributed by atoms with Crippen molar-refractivity contribution in [3.05, 3.63) is 96.2 Å². The van der Waals surface area contributed by atoms with Crippen molar-refractivity contribution >= 4 is 22.6 Å². The van der Waals surface area contributed by atoms with Gasteiger partial charge in [-0.15, -0.1) is 10.2 Å². The van der Waals surface area contributed by atoms with Crippen LogP contribution >= 0.6 is 0 Å². The lowest BCUT2D eigenvalue weighted by molar-refractivity contribution is 0.102. The first-order valence-electron chi connectivity index (χ1n) is 12.2. The summed E-state index contributed by atoms with van der Waals surface area (Å²) in [6.07, 6.45) is 3.27. The second kappa shape index (κ2) is 11.3. The van der Waals surface area contributed by atoms with Gasteiger partial charge in [0.05, 0.1) is 24.8 Å². The molecule has 5 rings (SSSR count). The number of hydrogen-bond donors (Lipinski definition) is 1. The number of carbonyl (C=O) groups excluding carboxylic acids is 1. The maximum atomic E-state index is 14.9. The minimum absolute atomic E-state index is 0.107. The lowest BCUT2D eigenvalue weighted by Crippen LogP contribution is -2.15. The number of ether oxygens (including phenoxy) is 1. The van der Waals surface area contributed by atoms with Gasteiger partial charge in [-0.25, -0.2) is 13.8 Å². The third kappa shape index (κ3) is 5.45. The van der Waals surface area contributed by atoms with Crippen molar-refractivity contribution in [2.24, 2.45) is 0 Å². The van der Waals surface area contributed by atoms with Crippen LogP contribution in [-0.4, -0.2) is 43.5 Å². The second-order valence-corrected chi connectivity index (χ2v) is 8.87. The molecule has 8 nitrogen and oxygen atoms in total. The van der Waals surface area contributed by atoms with Gasteiger partial charge in [-0.1, -0.05) is 36.4 Å². The van der Waals surface area contributed by atoms with Gasteiger partial charge in [0.2, 0.25) is 0 Å². The molecule has 0 radical (unpaired) electrons. The van der Waals surface area contributed by atoms with Gasteiger partial charge >= 0.3 is 0 Å². The minimum atomic E-state index is -0.638. The lowest BCUT2D eigenvalue weighted by atomic mass is 10.1. The van der Waals surface area contributed by atoms with E-state index in [-0.39, 0.29) is 11.4 Å². The maximum Gasteiger partial charge on any atom is 0.259 e. The Morgan fingerprint density at radius 1 is 1.11 bits per heavy atom. The standard InChI is InChI=1S/C28H26F2N6O2/c1-19(16-29)36-18-31-34-27(36)24-8-5-9-26(32-24)33-28(37)22-15-25-21(14-23(22)30)10-11-35(25)12-13-38-17-20-6-3-2-4-7-20/h2-11,14-15,18-19H,12-13,16-17H2,1H3,(H,32,33,37). The summed E-state index contributed by atoms with van der Waals surface area (Å²) in [4.78, 5) is 17.5. The van der Waals surface area contributed by atoms with Crippen LogP contribution in [0.2, 0.25) is 0 Å². The zero-order valence-electron chi connectivity index (χ0n) is 20.7. The summed E-state index contributed by atoms with van der Waals surface area (Å²) in [5.74, 6) is -0.702. The number of fused-ring (bicyclic) bond motifs is 1. The van der Waals surface area contributed by atoms with Crippen molar-refractivity contribution < 1.29 is 18.3 Å². The maximum absolute atomic E-state index is 14.9. The van der Waals surface area contributed by atoms with E-state index >= 15 is 0 Å². The van der Waals surface area contributed by atoms with Crippen LogP contribution < -0.4 is 5.32 Å². The SMILES string of the molecule is CC(CF)n1cnnc1-c1cccc(NC(=O)c2cc3c(ccn3CCOCc3ccccc3)cc2F)n1. The number of aromatic nitrogens is 5. The number of anilines is 1. The summed E-state index contributed by atoms with van der Waals surface area (Å²) < 4.78 is 37.4. The first kappa shape index (κ1) is 25.2. The summed E-state index contributed by atoms with van der Waals surface area (Å²) in [5.41, 5.74) is 2.10. The minimum Gasteiger partial charge on any atom is -0.375 e. The number of pyridine rings is 1. The highest BCUT2D eigenvalue weighted by molar-refractivity contribution is 6.06. The summed E-state index contributed by atoms with van der Waals surface area (Å²) in [6, 6.07) is 19.0. The number of hydrogen-bond acceptors (Lipinski definition) is 5. The Morgan fingerprint density at radius 3 is 2.76 bits per heavy atom. The predicted molar refractivity (Wildman–Crippen MR) is 140 cm³/mol. The molecule has 0 aliphatic heterocycles. The molecule has 0 fully saturated rings. The number of carbonyl (C=O) groups is 1. The van der Waals surface area contributed by atoms with Crippen molar-refractivity contribution in [3.63, 3.8) is 0 Å². The van der Waals surface area contributed by atoms with Gasteiger partial charge in [-0.3, -0.25) is 4.79 Å². The van der Waals surface area contributed by atoms with Crippen LogP contribution in [0.3, 0.4) is 0 Å². The molecule has 1 atom stereocenters. The molecule has 1 N–H and O–H groups in total. The molecular weight excluding hydrogens is 490 g/mol. The number of halogens is 2. The third-order valence-electron chi connectivity index (χ3n) is 6.18. The van der Waals surface area contributed by atoms with Crippen LogP contribution in [0, 0.1) is 5.82 Å². The average Bonchev–Trinajstić information content (AvgIpc) is 3.58. The molecule has 0 aliphatic carbocycles. The van der Waals surface area contributed by atoms with Gasteiger partial charge in [0.25, 0.3) is 5.91 Å². The molecule has 194 valence electrons. The van der Waals surface area contributed by atoms with Gasteiger partial charge in [-0.05, 0) is 42.8 Å². The van der Waals surface area contributed by atoms with Crippen LogP contribution in [-0.2, 0) is 17.9 Å². The Labute approximate surface area is 217 Å². The van der Waals surface area contributed by atoms with Crippen molar-refractivity contribution in [2.45, 2.75) is 26.1 Å². The number of nitrogens with one attached hydrogen (secondary N) is 1. The molecule has 3 heterocycles. The zero-order chi connectivity index (χ0) is 26.5. The molecule has 2 aromatic carbocycles. The van der Waals surface area contributed by atoms with E-state index in [0.29, 0.717) is 36.7 Å². The lowest BCUT2D eigenvalue weighted by Gasteiger charge is -2.12. The van der Waals surface area contributed by atoms with Crippen molar-refractivity contribution in [1.82, 2.24) is 24.3 Å². The fourth-order valence-electron chi connectivity index (χ4n) is 4.14. The number of amides is 1. The van der Waals surface area contributed by atoms with Crippen LogP contribution in [0.15, 0.2) is 79.3 Å². The number of nitrogens with zero attached hydrogens (tertiary/aromatic N) is 5. The first-order chi connectivity index (χ1) is 18.5. The monoisotopic (exact) mass is 516 g/mol. The Hall–Kier alpha value is -4.44. The van der Waals surface area contributed by atoms with Gasteiger partial charge in [0, 0.05) is 23.6 Å². The molecule has 38 heavy (non-hydrogen) atoms. The van der Waals surface area contributed by atoms with E-state index in [2.05, 4.69) is 20.5 Å². The molecule has 0 saturated heterocycles. The quantitative estimate of drug-likeness (QED) is 0.250. The van der Waals surface area contributed by atoms with E-state index in [1.54, 1.807) is 35.8 Å². The molecule has 0 spiro atoms. The van der Waals surface area contributed by atoms with Gasteiger partial charge < -0.3 is 19.2 Å². The Balaban J connectivity index is 1.31. The predicted octanol–water partition coefficient (Wildman–Crippen LogP) is 5.43. The van der Waals surface area contributed by atoms with Gasteiger partial charge in [0.1, 0.15) is 30.3 Å². The molecule has 3 aromatic heterocycles. The molecular formula is C28H26F2N6O2. The van der Waals surface area contributed by atoms with Crippen molar-refractivity contribution in [2.75, 3.05) is 18.6 Å². The number of benzene rings is 2. The summed E-state index contributed by atoms with van der Waals surface area (Å²) >= 11 is 0. The fraction of sp³-hybridized carbons (Fsp3) is 0.214. The zero-order valence-corrected chi connectivity index (χ0v) is 20.7. The van der Waals surface area contributed by atoms with Crippen LogP contribution in [0.1, 0.15) is 28.9 Å². The Morgan fingerprint density at radius 2 is 1.95 bits per heavy atom. The molecule has 1 amide bonds. The highest BCUT2D eigenvalue weighted by Crippen LogP contribution is 2.23. The van der Waals surface area contributed by atoms with Gasteiger partial charge in [0.15, 0.2) is 5.82 Å². The van der Waals surface area contributed by atoms with E-state index in [0.717, 1.165) is 11.1 Å². The van der Waals surface area contributed by atoms with Crippen LogP contribution in [0.25, 0.3) is 22.4 Å². The molecule has 10 heteroatoms. The van der Waals surface area contributed by atoms with Crippen LogP contribution in [0.4, 0.5) is 14.6 Å². The number of alkyl halides is 1. The van der Waals surface area contributed by atoms with Gasteiger partial charge in [-0.2, -0.15) is 0 Å². The largest absolute Gasteiger partial charge is 0.375 e. The fourth-order valence-corrected chi connectivity index (χ4v) is 4.14. The highest BCUT2D eigenvalue weighted by atomic mass is 19.1. The van der Waals surface area contributed by atoms with Crippen molar-refractivity contribution in [3.8, 4) is 11.5 Å². The molecule has 0 saturated carbocycles. The van der Waals surface area contributed by atoms with Crippen LogP contribution in [0.5, 0.6) is 0 Å². The van der Waals surface area contributed by atoms with E-state index in [1.807, 2.05) is 41.1 Å². The summed E-state index contributed by atoms with van der Waals surface area (Å²) in [6.45, 7) is 2.61. The molecule has 5 aromatic rings. The second-order valence-electron chi connectivity index (χ2n) is 8.87. The Bertz CT molecular complexity index is 1550. The van der Waals surface area contributed by atoms with Crippen molar-refractivity contribution in [1.29, 1.82) is 0 Å². The summed E-state index contributed by atoms with van der Waals surface area (Å²) in [7, 11) is 0. The topological polar surface area (TPSA) is 86.9 Å².